The van der Waals surface area contributed by atoms with Gasteiger partial charge in [-0.05, 0) is 49.8 Å². The van der Waals surface area contributed by atoms with E-state index in [0.29, 0.717) is 25.3 Å². The minimum Gasteiger partial charge on any atom is -0.380 e. The van der Waals surface area contributed by atoms with Crippen LogP contribution < -0.4 is 4.74 Å². The second-order valence-corrected chi connectivity index (χ2v) is 12.6. The number of unbranched alkanes of at least 4 members (excludes halogenated alkanes) is 14. The first-order chi connectivity index (χ1) is 21.1. The Morgan fingerprint density at radius 1 is 0.651 bits per heavy atom. The molecule has 6 nitrogen and oxygen atoms in total. The first-order valence-electron chi connectivity index (χ1n) is 17.6. The van der Waals surface area contributed by atoms with Gasteiger partial charge in [0, 0.05) is 24.4 Å². The Kier molecular flexibility index (Phi) is 16.5. The maximum Gasteiger partial charge on any atom is 0.529 e. The topological polar surface area (TPSA) is 69.2 Å². The minimum atomic E-state index is -0.426. The fourth-order valence-electron chi connectivity index (χ4n) is 6.16. The molecule has 0 unspecified atom stereocenters. The molecule has 43 heavy (non-hydrogen) atoms. The number of benzene rings is 1. The van der Waals surface area contributed by atoms with E-state index in [1.807, 2.05) is 36.7 Å². The predicted octanol–water partition coefficient (Wildman–Crippen LogP) is 10.4. The highest BCUT2D eigenvalue weighted by Crippen LogP contribution is 2.27. The summed E-state index contributed by atoms with van der Waals surface area (Å²) < 4.78 is 5.68. The van der Waals surface area contributed by atoms with Gasteiger partial charge in [-0.25, -0.2) is 14.8 Å². The second kappa shape index (κ2) is 20.4. The van der Waals surface area contributed by atoms with Crippen LogP contribution in [-0.2, 0) is 11.2 Å². The highest BCUT2D eigenvalue weighted by Gasteiger charge is 2.47. The van der Waals surface area contributed by atoms with Gasteiger partial charge in [0.05, 0.1) is 19.5 Å². The molecule has 1 aromatic heterocycles. The van der Waals surface area contributed by atoms with E-state index in [4.69, 9.17) is 4.74 Å². The lowest BCUT2D eigenvalue weighted by molar-refractivity contribution is -0.786. The molecule has 1 saturated heterocycles. The zero-order valence-corrected chi connectivity index (χ0v) is 27.3. The quantitative estimate of drug-likeness (QED) is 0.113. The number of imide groups is 1. The molecule has 2 amide bonds. The van der Waals surface area contributed by atoms with E-state index in [0.717, 1.165) is 68.3 Å². The Labute approximate surface area is 261 Å². The van der Waals surface area contributed by atoms with Crippen LogP contribution in [0.4, 0.5) is 4.79 Å². The number of likely N-dealkylation sites (tertiary alicyclic amines) is 1. The number of ether oxygens (including phenoxy) is 1. The number of quaternary nitrogens is 1. The van der Waals surface area contributed by atoms with Gasteiger partial charge in [-0.15, -0.1) is 0 Å². The van der Waals surface area contributed by atoms with Crippen molar-refractivity contribution in [3.05, 3.63) is 42.5 Å². The Bertz CT molecular complexity index is 1050. The van der Waals surface area contributed by atoms with E-state index >= 15 is 0 Å². The summed E-state index contributed by atoms with van der Waals surface area (Å²) in [5.74, 6) is 1.40. The van der Waals surface area contributed by atoms with Gasteiger partial charge in [0.1, 0.15) is 11.6 Å². The van der Waals surface area contributed by atoms with Gasteiger partial charge in [-0.2, -0.15) is 9.28 Å². The molecule has 3 rings (SSSR count). The van der Waals surface area contributed by atoms with Crippen molar-refractivity contribution in [2.45, 2.75) is 149 Å². The first kappa shape index (κ1) is 34.9. The SMILES string of the molecule is CCCCCCCCCCCc1ncc(-c2ccc(OC(=O)[N+]3(C(=O)CCCCCCCCC)CCCCC3)cc2)cn1. The molecule has 6 heteroatoms. The summed E-state index contributed by atoms with van der Waals surface area (Å²) in [6, 6.07) is 7.49. The van der Waals surface area contributed by atoms with Gasteiger partial charge < -0.3 is 4.74 Å². The van der Waals surface area contributed by atoms with Gasteiger partial charge in [0.15, 0.2) is 0 Å². The van der Waals surface area contributed by atoms with Crippen LogP contribution in [0.25, 0.3) is 11.1 Å². The molecule has 1 aliphatic heterocycles. The molecule has 2 aromatic rings. The number of amides is 2. The lowest BCUT2D eigenvalue weighted by Gasteiger charge is -2.34. The Hall–Kier alpha value is -2.60. The number of carbonyl (C=O) groups excluding carboxylic acids is 2. The summed E-state index contributed by atoms with van der Waals surface area (Å²) in [6.07, 6.45) is 27.4. The van der Waals surface area contributed by atoms with E-state index in [-0.39, 0.29) is 10.4 Å². The smallest absolute Gasteiger partial charge is 0.380 e. The monoisotopic (exact) mass is 592 g/mol. The zero-order valence-electron chi connectivity index (χ0n) is 27.3. The summed E-state index contributed by atoms with van der Waals surface area (Å²) in [6.45, 7) is 5.59. The normalized spacial score (nSPS) is 14.5. The van der Waals surface area contributed by atoms with E-state index in [1.165, 1.54) is 77.0 Å². The molecule has 1 aromatic carbocycles. The molecule has 1 aliphatic rings. The molecule has 0 N–H and O–H groups in total. The number of carbonyl (C=O) groups is 2. The van der Waals surface area contributed by atoms with Crippen LogP contribution in [0.2, 0.25) is 0 Å². The van der Waals surface area contributed by atoms with Gasteiger partial charge >= 0.3 is 12.0 Å². The Morgan fingerprint density at radius 3 is 1.72 bits per heavy atom. The lowest BCUT2D eigenvalue weighted by Crippen LogP contribution is -2.60. The van der Waals surface area contributed by atoms with E-state index in [2.05, 4.69) is 23.8 Å². The minimum absolute atomic E-state index is 0.0227. The van der Waals surface area contributed by atoms with Crippen molar-refractivity contribution in [3.63, 3.8) is 0 Å². The molecule has 2 heterocycles. The van der Waals surface area contributed by atoms with Crippen molar-refractivity contribution in [2.24, 2.45) is 0 Å². The van der Waals surface area contributed by atoms with Crippen molar-refractivity contribution in [2.75, 3.05) is 13.1 Å². The number of aryl methyl sites for hydroxylation is 1. The average molecular weight is 593 g/mol. The van der Waals surface area contributed by atoms with Gasteiger partial charge in [0.25, 0.3) is 0 Å². The summed E-state index contributed by atoms with van der Waals surface area (Å²) in [5, 5.41) is 0. The average Bonchev–Trinajstić information content (AvgIpc) is 3.04. The molecule has 0 atom stereocenters. The summed E-state index contributed by atoms with van der Waals surface area (Å²) in [5.41, 5.74) is 1.92. The van der Waals surface area contributed by atoms with Crippen LogP contribution in [0.5, 0.6) is 5.75 Å². The zero-order chi connectivity index (χ0) is 30.6. The summed E-state index contributed by atoms with van der Waals surface area (Å²) in [4.78, 5) is 36.0. The van der Waals surface area contributed by atoms with Crippen molar-refractivity contribution in [1.82, 2.24) is 9.97 Å². The highest BCUT2D eigenvalue weighted by atomic mass is 16.6. The van der Waals surface area contributed by atoms with Crippen LogP contribution in [0.3, 0.4) is 0 Å². The summed E-state index contributed by atoms with van der Waals surface area (Å²) in [7, 11) is 0. The standard InChI is InChI=1S/C37H58N3O3/c1-3-5-7-9-11-12-14-15-18-22-35-38-30-33(31-39-35)32-24-26-34(27-25-32)43-37(42)40(28-20-17-21-29-40)36(41)23-19-16-13-10-8-6-4-2/h24-27,30-31H,3-23,28-29H2,1-2H3/q+1. The van der Waals surface area contributed by atoms with E-state index < -0.39 is 6.09 Å². The Morgan fingerprint density at radius 2 is 1.16 bits per heavy atom. The van der Waals surface area contributed by atoms with Crippen LogP contribution in [0.15, 0.2) is 36.7 Å². The van der Waals surface area contributed by atoms with Crippen LogP contribution in [0.1, 0.15) is 148 Å². The van der Waals surface area contributed by atoms with Crippen LogP contribution in [-0.4, -0.2) is 39.5 Å². The van der Waals surface area contributed by atoms with Gasteiger partial charge in [-0.3, -0.25) is 0 Å². The predicted molar refractivity (Wildman–Crippen MR) is 176 cm³/mol. The maximum absolute atomic E-state index is 13.4. The third-order valence-electron chi connectivity index (χ3n) is 9.00. The fourth-order valence-corrected chi connectivity index (χ4v) is 6.16. The highest BCUT2D eigenvalue weighted by molar-refractivity contribution is 5.82. The molecule has 0 radical (unpaired) electrons. The second-order valence-electron chi connectivity index (χ2n) is 12.6. The first-order valence-corrected chi connectivity index (χ1v) is 17.6. The number of nitrogens with zero attached hydrogens (tertiary/aromatic N) is 3. The number of aromatic nitrogens is 2. The number of piperidine rings is 1. The Balaban J connectivity index is 1.45. The molecule has 0 saturated carbocycles. The van der Waals surface area contributed by atoms with Gasteiger partial charge in [0.2, 0.25) is 0 Å². The largest absolute Gasteiger partial charge is 0.529 e. The van der Waals surface area contributed by atoms with Crippen molar-refractivity contribution >= 4 is 12.0 Å². The van der Waals surface area contributed by atoms with Crippen molar-refractivity contribution in [3.8, 4) is 16.9 Å². The molecule has 1 fully saturated rings. The lowest BCUT2D eigenvalue weighted by atomic mass is 10.0. The molecule has 0 aliphatic carbocycles. The third kappa shape index (κ3) is 12.1. The molecule has 0 spiro atoms. The fraction of sp³-hybridized carbons (Fsp3) is 0.676. The maximum atomic E-state index is 13.4. The molecular formula is C37H58N3O3+. The summed E-state index contributed by atoms with van der Waals surface area (Å²) >= 11 is 0. The number of hydrogen-bond donors (Lipinski definition) is 0. The molecule has 238 valence electrons. The number of hydrogen-bond acceptors (Lipinski definition) is 5. The number of rotatable bonds is 20. The molecule has 0 bridgehead atoms. The van der Waals surface area contributed by atoms with E-state index in [1.54, 1.807) is 0 Å². The van der Waals surface area contributed by atoms with Gasteiger partial charge in [-0.1, -0.05) is 116 Å². The molecular weight excluding hydrogens is 534 g/mol. The van der Waals surface area contributed by atoms with Crippen molar-refractivity contribution < 1.29 is 18.8 Å². The third-order valence-corrected chi connectivity index (χ3v) is 9.00. The van der Waals surface area contributed by atoms with Crippen molar-refractivity contribution in [1.29, 1.82) is 0 Å². The van der Waals surface area contributed by atoms with E-state index in [9.17, 15) is 9.59 Å². The van der Waals surface area contributed by atoms with Crippen LogP contribution in [0, 0.1) is 0 Å². The van der Waals surface area contributed by atoms with Crippen LogP contribution >= 0.6 is 0 Å².